The fourth-order valence-corrected chi connectivity index (χ4v) is 5.44. The number of anilines is 1. The van der Waals surface area contributed by atoms with Gasteiger partial charge in [-0.2, -0.15) is 9.97 Å². The zero-order valence-electron chi connectivity index (χ0n) is 19.0. The summed E-state index contributed by atoms with van der Waals surface area (Å²) < 4.78 is 32.8. The fraction of sp³-hybridized carbons (Fsp3) is 0.650. The van der Waals surface area contributed by atoms with Crippen LogP contribution < -0.4 is 9.64 Å². The molecule has 1 atom stereocenters. The standard InChI is InChI=1S/C20H29Cl2FN4O3Si/c1-19(2,3)31(6,7)30-20(4)10-27(8-9-29-11-20)16-12-14(24-18(22)26-16)13(23)15(21)25-17(12)28-5/h8-11H2,1-7H3/t20-/m0/s1. The van der Waals surface area contributed by atoms with E-state index in [1.807, 2.05) is 11.8 Å². The Hall–Kier alpha value is -1.26. The van der Waals surface area contributed by atoms with E-state index in [2.05, 4.69) is 48.8 Å². The van der Waals surface area contributed by atoms with Gasteiger partial charge in [0.05, 0.1) is 25.9 Å². The van der Waals surface area contributed by atoms with Crippen molar-refractivity contribution >= 4 is 48.2 Å². The van der Waals surface area contributed by atoms with Crippen LogP contribution in [-0.2, 0) is 9.16 Å². The lowest BCUT2D eigenvalue weighted by Crippen LogP contribution is -2.54. The molecule has 1 aliphatic rings. The average Bonchev–Trinajstić information content (AvgIpc) is 2.84. The molecule has 31 heavy (non-hydrogen) atoms. The molecule has 0 aromatic carbocycles. The minimum Gasteiger partial charge on any atom is -0.480 e. The second-order valence-electron chi connectivity index (χ2n) is 9.55. The monoisotopic (exact) mass is 490 g/mol. The molecule has 0 bridgehead atoms. The molecule has 0 unspecified atom stereocenters. The predicted octanol–water partition coefficient (Wildman–Crippen LogP) is 5.10. The van der Waals surface area contributed by atoms with Crippen LogP contribution in [0.4, 0.5) is 10.2 Å². The Kier molecular flexibility index (Phi) is 6.75. The maximum Gasteiger partial charge on any atom is 0.228 e. The Morgan fingerprint density at radius 1 is 1.19 bits per heavy atom. The van der Waals surface area contributed by atoms with Crippen molar-refractivity contribution in [2.24, 2.45) is 0 Å². The van der Waals surface area contributed by atoms with E-state index in [0.717, 1.165) is 0 Å². The van der Waals surface area contributed by atoms with Crippen LogP contribution in [0.5, 0.6) is 5.88 Å². The molecular formula is C20H29Cl2FN4O3Si. The molecule has 1 saturated heterocycles. The van der Waals surface area contributed by atoms with Crippen molar-refractivity contribution in [2.75, 3.05) is 38.3 Å². The van der Waals surface area contributed by atoms with Gasteiger partial charge >= 0.3 is 0 Å². The maximum atomic E-state index is 14.8. The summed E-state index contributed by atoms with van der Waals surface area (Å²) in [6.45, 7) is 14.9. The third-order valence-corrected chi connectivity index (χ3v) is 10.9. The summed E-state index contributed by atoms with van der Waals surface area (Å²) in [5.74, 6) is -0.231. The Bertz CT molecular complexity index is 989. The second-order valence-corrected chi connectivity index (χ2v) is 15.0. The van der Waals surface area contributed by atoms with Crippen LogP contribution in [0.2, 0.25) is 28.6 Å². The van der Waals surface area contributed by atoms with Crippen LogP contribution in [-0.4, -0.2) is 62.3 Å². The van der Waals surface area contributed by atoms with Crippen LogP contribution in [0.15, 0.2) is 0 Å². The summed E-state index contributed by atoms with van der Waals surface area (Å²) >= 11 is 12.1. The van der Waals surface area contributed by atoms with Crippen molar-refractivity contribution < 1.29 is 18.3 Å². The molecule has 0 spiro atoms. The molecule has 0 radical (unpaired) electrons. The number of rotatable bonds is 4. The Balaban J connectivity index is 2.10. The molecule has 11 heteroatoms. The van der Waals surface area contributed by atoms with Gasteiger partial charge in [-0.25, -0.2) is 9.37 Å². The van der Waals surface area contributed by atoms with Gasteiger partial charge in [0.1, 0.15) is 16.7 Å². The van der Waals surface area contributed by atoms with Crippen LogP contribution in [0.1, 0.15) is 27.7 Å². The van der Waals surface area contributed by atoms with Crippen molar-refractivity contribution in [3.05, 3.63) is 16.3 Å². The Labute approximate surface area is 193 Å². The van der Waals surface area contributed by atoms with E-state index >= 15 is 0 Å². The zero-order chi connectivity index (χ0) is 23.2. The highest BCUT2D eigenvalue weighted by molar-refractivity contribution is 6.74. The SMILES string of the molecule is COc1nc(Cl)c(F)c2nc(Cl)nc(N3CCOC[C@@](C)(O[Si](C)(C)C(C)(C)C)C3)c12. The molecule has 0 amide bonds. The maximum absolute atomic E-state index is 14.8. The first kappa shape index (κ1) is 24.4. The van der Waals surface area contributed by atoms with Gasteiger partial charge in [0.25, 0.3) is 0 Å². The first-order valence-electron chi connectivity index (χ1n) is 10.1. The third kappa shape index (κ3) is 4.90. The highest BCUT2D eigenvalue weighted by Crippen LogP contribution is 2.41. The quantitative estimate of drug-likeness (QED) is 0.335. The molecule has 3 rings (SSSR count). The van der Waals surface area contributed by atoms with E-state index < -0.39 is 19.7 Å². The summed E-state index contributed by atoms with van der Waals surface area (Å²) in [5, 5.41) is -0.0888. The van der Waals surface area contributed by atoms with E-state index in [1.165, 1.54) is 7.11 Å². The molecule has 7 nitrogen and oxygen atoms in total. The van der Waals surface area contributed by atoms with Crippen molar-refractivity contribution in [1.82, 2.24) is 15.0 Å². The van der Waals surface area contributed by atoms with Gasteiger partial charge in [0.2, 0.25) is 11.2 Å². The fourth-order valence-electron chi connectivity index (χ4n) is 3.45. The highest BCUT2D eigenvalue weighted by atomic mass is 35.5. The lowest BCUT2D eigenvalue weighted by Gasteiger charge is -2.44. The van der Waals surface area contributed by atoms with Gasteiger partial charge in [-0.3, -0.25) is 0 Å². The molecule has 3 heterocycles. The van der Waals surface area contributed by atoms with Gasteiger partial charge in [-0.15, -0.1) is 0 Å². The number of halogens is 3. The number of nitrogens with zero attached hydrogens (tertiary/aromatic N) is 4. The number of pyridine rings is 1. The first-order valence-corrected chi connectivity index (χ1v) is 13.7. The van der Waals surface area contributed by atoms with Gasteiger partial charge in [0.15, 0.2) is 19.3 Å². The van der Waals surface area contributed by atoms with Gasteiger partial charge < -0.3 is 18.8 Å². The normalized spacial score (nSPS) is 20.8. The number of hydrogen-bond donors (Lipinski definition) is 0. The van der Waals surface area contributed by atoms with Crippen molar-refractivity contribution in [3.63, 3.8) is 0 Å². The minimum absolute atomic E-state index is 0.0328. The molecular weight excluding hydrogens is 462 g/mol. The predicted molar refractivity (Wildman–Crippen MR) is 124 cm³/mol. The number of hydrogen-bond acceptors (Lipinski definition) is 7. The Morgan fingerprint density at radius 2 is 1.87 bits per heavy atom. The number of aromatic nitrogens is 3. The minimum atomic E-state index is -2.10. The van der Waals surface area contributed by atoms with E-state index in [4.69, 9.17) is 37.1 Å². The van der Waals surface area contributed by atoms with Crippen LogP contribution in [0.25, 0.3) is 10.9 Å². The molecule has 1 fully saturated rings. The number of fused-ring (bicyclic) bond motifs is 1. The van der Waals surface area contributed by atoms with E-state index in [0.29, 0.717) is 37.5 Å². The molecule has 2 aromatic heterocycles. The molecule has 0 saturated carbocycles. The molecule has 1 aliphatic heterocycles. The lowest BCUT2D eigenvalue weighted by atomic mass is 10.1. The van der Waals surface area contributed by atoms with Crippen molar-refractivity contribution in [2.45, 2.75) is 51.4 Å². The second kappa shape index (κ2) is 8.59. The summed E-state index contributed by atoms with van der Waals surface area (Å²) in [7, 11) is -0.661. The van der Waals surface area contributed by atoms with E-state index in [-0.39, 0.29) is 26.9 Å². The molecule has 0 aliphatic carbocycles. The van der Waals surface area contributed by atoms with Crippen molar-refractivity contribution in [1.29, 1.82) is 0 Å². The topological polar surface area (TPSA) is 69.6 Å². The smallest absolute Gasteiger partial charge is 0.228 e. The third-order valence-electron chi connectivity index (χ3n) is 5.90. The number of ether oxygens (including phenoxy) is 2. The molecule has 172 valence electrons. The van der Waals surface area contributed by atoms with Crippen molar-refractivity contribution in [3.8, 4) is 5.88 Å². The van der Waals surface area contributed by atoms with E-state index in [9.17, 15) is 4.39 Å². The van der Waals surface area contributed by atoms with Gasteiger partial charge in [-0.1, -0.05) is 32.4 Å². The zero-order valence-corrected chi connectivity index (χ0v) is 21.5. The van der Waals surface area contributed by atoms with E-state index in [1.54, 1.807) is 0 Å². The summed E-state index contributed by atoms with van der Waals surface area (Å²) in [4.78, 5) is 14.4. The van der Waals surface area contributed by atoms with Crippen LogP contribution in [0.3, 0.4) is 0 Å². The largest absolute Gasteiger partial charge is 0.480 e. The summed E-state index contributed by atoms with van der Waals surface area (Å²) in [6.07, 6.45) is 0. The van der Waals surface area contributed by atoms with Crippen LogP contribution >= 0.6 is 23.2 Å². The first-order chi connectivity index (χ1) is 14.3. The Morgan fingerprint density at radius 3 is 2.48 bits per heavy atom. The summed E-state index contributed by atoms with van der Waals surface area (Å²) in [5.41, 5.74) is -0.640. The lowest BCUT2D eigenvalue weighted by molar-refractivity contribution is -0.00295. The average molecular weight is 491 g/mol. The van der Waals surface area contributed by atoms with Crippen LogP contribution in [0, 0.1) is 5.82 Å². The molecule has 0 N–H and O–H groups in total. The molecule has 2 aromatic rings. The van der Waals surface area contributed by atoms with Gasteiger partial charge in [-0.05, 0) is 36.7 Å². The summed E-state index contributed by atoms with van der Waals surface area (Å²) in [6, 6.07) is 0. The van der Waals surface area contributed by atoms with Gasteiger partial charge in [0, 0.05) is 13.1 Å². The number of methoxy groups -OCH3 is 1. The highest BCUT2D eigenvalue weighted by Gasteiger charge is 2.44.